The van der Waals surface area contributed by atoms with Crippen molar-refractivity contribution in [3.8, 4) is 12.8 Å². The molecule has 0 aromatic rings. The van der Waals surface area contributed by atoms with Crippen LogP contribution in [-0.2, 0) is 0 Å². The molecule has 0 bridgehead atoms. The van der Waals surface area contributed by atoms with Crippen molar-refractivity contribution in [1.29, 1.82) is 0 Å². The molecule has 0 radical (unpaired) electrons. The molecule has 0 unspecified atom stereocenters. The molecular weight excluding hydrogens is 158 g/mol. The lowest BCUT2D eigenvalue weighted by atomic mass is 9.91. The Morgan fingerprint density at radius 2 is 1.23 bits per heavy atom. The summed E-state index contributed by atoms with van der Waals surface area (Å²) in [6.45, 7) is 6.36. The minimum absolute atomic E-state index is 1.04. The maximum absolute atomic E-state index is 4.50. The van der Waals surface area contributed by atoms with Gasteiger partial charge in [-0.05, 0) is 13.0 Å². The molecule has 0 atom stereocenters. The molecule has 2 N–H and O–H groups in total. The van der Waals surface area contributed by atoms with E-state index in [1.54, 1.807) is 0 Å². The summed E-state index contributed by atoms with van der Waals surface area (Å²) >= 11 is 0. The standard InChI is InChI=1S/C7H14.C2H6.C2H2.CH5N/c1-7-5-3-2-4-6-7;3*1-2/h7H,2-6H2,1H3;1-2H3;1-2H;2H2,1H3. The van der Waals surface area contributed by atoms with Gasteiger partial charge in [-0.15, -0.1) is 12.8 Å². The van der Waals surface area contributed by atoms with Gasteiger partial charge in [-0.25, -0.2) is 0 Å². The Morgan fingerprint density at radius 1 is 0.923 bits per heavy atom. The Kier molecular flexibility index (Phi) is 31.8. The molecular formula is C12H27N. The van der Waals surface area contributed by atoms with Gasteiger partial charge in [0.1, 0.15) is 0 Å². The molecule has 1 aliphatic carbocycles. The Balaban J connectivity index is -0.000000144. The summed E-state index contributed by atoms with van der Waals surface area (Å²) in [6.07, 6.45) is 15.4. The van der Waals surface area contributed by atoms with Gasteiger partial charge in [0, 0.05) is 0 Å². The maximum atomic E-state index is 4.50. The SMILES string of the molecule is C#C.CC.CC1CCCCC1.CN. The van der Waals surface area contributed by atoms with Gasteiger partial charge >= 0.3 is 0 Å². The average molecular weight is 185 g/mol. The van der Waals surface area contributed by atoms with E-state index in [9.17, 15) is 0 Å². The second kappa shape index (κ2) is 22.5. The van der Waals surface area contributed by atoms with Crippen molar-refractivity contribution in [2.75, 3.05) is 7.05 Å². The van der Waals surface area contributed by atoms with Crippen molar-refractivity contribution in [1.82, 2.24) is 0 Å². The van der Waals surface area contributed by atoms with Gasteiger partial charge in [0.05, 0.1) is 0 Å². The van der Waals surface area contributed by atoms with Crippen LogP contribution in [0.15, 0.2) is 0 Å². The third-order valence-electron chi connectivity index (χ3n) is 1.89. The molecule has 0 aliphatic heterocycles. The van der Waals surface area contributed by atoms with Crippen LogP contribution in [0.1, 0.15) is 52.9 Å². The number of hydrogen-bond donors (Lipinski definition) is 1. The molecule has 0 aromatic carbocycles. The highest BCUT2D eigenvalue weighted by Gasteiger charge is 2.05. The van der Waals surface area contributed by atoms with Gasteiger partial charge in [-0.2, -0.15) is 0 Å². The van der Waals surface area contributed by atoms with Gasteiger partial charge in [0.15, 0.2) is 0 Å². The summed E-state index contributed by atoms with van der Waals surface area (Å²) in [6, 6.07) is 0. The van der Waals surface area contributed by atoms with Crippen LogP contribution >= 0.6 is 0 Å². The third kappa shape index (κ3) is 18.5. The Morgan fingerprint density at radius 3 is 1.38 bits per heavy atom. The van der Waals surface area contributed by atoms with Crippen molar-refractivity contribution in [3.05, 3.63) is 0 Å². The zero-order valence-corrected chi connectivity index (χ0v) is 9.84. The highest BCUT2D eigenvalue weighted by atomic mass is 14.4. The minimum atomic E-state index is 1.04. The van der Waals surface area contributed by atoms with E-state index in [4.69, 9.17) is 0 Å². The predicted molar refractivity (Wildman–Crippen MR) is 63.6 cm³/mol. The first kappa shape index (κ1) is 18.3. The summed E-state index contributed by atoms with van der Waals surface area (Å²) in [5.41, 5.74) is 4.50. The first-order chi connectivity index (χ1) is 6.39. The molecule has 0 heterocycles. The van der Waals surface area contributed by atoms with Crippen LogP contribution in [-0.4, -0.2) is 7.05 Å². The fourth-order valence-corrected chi connectivity index (χ4v) is 1.31. The molecule has 1 rings (SSSR count). The van der Waals surface area contributed by atoms with E-state index in [0.717, 1.165) is 5.92 Å². The van der Waals surface area contributed by atoms with Gasteiger partial charge in [-0.3, -0.25) is 0 Å². The zero-order valence-electron chi connectivity index (χ0n) is 9.84. The van der Waals surface area contributed by atoms with Crippen LogP contribution in [0.25, 0.3) is 0 Å². The van der Waals surface area contributed by atoms with Gasteiger partial charge in [0.25, 0.3) is 0 Å². The highest BCUT2D eigenvalue weighted by molar-refractivity contribution is 4.59. The summed E-state index contributed by atoms with van der Waals surface area (Å²) in [5.74, 6) is 1.04. The summed E-state index contributed by atoms with van der Waals surface area (Å²) in [5, 5.41) is 0. The van der Waals surface area contributed by atoms with E-state index in [1.807, 2.05) is 13.8 Å². The number of nitrogens with two attached hydrogens (primary N) is 1. The van der Waals surface area contributed by atoms with Gasteiger partial charge in [-0.1, -0.05) is 52.9 Å². The van der Waals surface area contributed by atoms with Crippen LogP contribution in [0.4, 0.5) is 0 Å². The topological polar surface area (TPSA) is 26.0 Å². The molecule has 0 saturated heterocycles. The van der Waals surface area contributed by atoms with Crippen LogP contribution in [0.5, 0.6) is 0 Å². The third-order valence-corrected chi connectivity index (χ3v) is 1.89. The van der Waals surface area contributed by atoms with Crippen LogP contribution in [0.3, 0.4) is 0 Å². The number of rotatable bonds is 0. The van der Waals surface area contributed by atoms with Crippen molar-refractivity contribution in [3.63, 3.8) is 0 Å². The number of terminal acetylenes is 1. The molecule has 0 amide bonds. The van der Waals surface area contributed by atoms with E-state index in [1.165, 1.54) is 39.2 Å². The summed E-state index contributed by atoms with van der Waals surface area (Å²) < 4.78 is 0. The Bertz CT molecular complexity index is 70.4. The molecule has 0 spiro atoms. The van der Waals surface area contributed by atoms with Gasteiger partial charge < -0.3 is 5.73 Å². The van der Waals surface area contributed by atoms with Crippen molar-refractivity contribution in [2.45, 2.75) is 52.9 Å². The Hall–Kier alpha value is -0.480. The molecule has 13 heavy (non-hydrogen) atoms. The predicted octanol–water partition coefficient (Wildman–Crippen LogP) is 3.44. The lowest BCUT2D eigenvalue weighted by molar-refractivity contribution is 0.385. The van der Waals surface area contributed by atoms with Crippen molar-refractivity contribution in [2.24, 2.45) is 11.7 Å². The van der Waals surface area contributed by atoms with Crippen LogP contribution < -0.4 is 5.73 Å². The summed E-state index contributed by atoms with van der Waals surface area (Å²) in [7, 11) is 1.50. The van der Waals surface area contributed by atoms with Crippen LogP contribution in [0.2, 0.25) is 0 Å². The molecule has 0 aromatic heterocycles. The maximum Gasteiger partial charge on any atom is -0.0195 e. The first-order valence-electron chi connectivity index (χ1n) is 5.30. The monoisotopic (exact) mass is 185 g/mol. The quantitative estimate of drug-likeness (QED) is 0.575. The molecule has 1 saturated carbocycles. The van der Waals surface area contributed by atoms with Crippen LogP contribution in [0, 0.1) is 18.8 Å². The Labute approximate surface area is 85.1 Å². The number of hydrogen-bond acceptors (Lipinski definition) is 1. The fraction of sp³-hybridized carbons (Fsp3) is 0.833. The normalized spacial score (nSPS) is 14.7. The molecule has 1 heteroatoms. The zero-order chi connectivity index (χ0) is 11.1. The van der Waals surface area contributed by atoms with E-state index in [-0.39, 0.29) is 0 Å². The molecule has 1 aliphatic rings. The fourth-order valence-electron chi connectivity index (χ4n) is 1.31. The average Bonchev–Trinajstić information content (AvgIpc) is 2.28. The van der Waals surface area contributed by atoms with Crippen molar-refractivity contribution < 1.29 is 0 Å². The second-order valence-electron chi connectivity index (χ2n) is 2.74. The molecule has 80 valence electrons. The molecule has 1 nitrogen and oxygen atoms in total. The lowest BCUT2D eigenvalue weighted by Gasteiger charge is -2.15. The summed E-state index contributed by atoms with van der Waals surface area (Å²) in [4.78, 5) is 0. The highest BCUT2D eigenvalue weighted by Crippen LogP contribution is 2.21. The molecule has 1 fully saturated rings. The van der Waals surface area contributed by atoms with E-state index in [0.29, 0.717) is 0 Å². The minimum Gasteiger partial charge on any atom is -0.333 e. The largest absolute Gasteiger partial charge is 0.333 e. The lowest BCUT2D eigenvalue weighted by Crippen LogP contribution is -1.99. The smallest absolute Gasteiger partial charge is 0.0195 e. The second-order valence-corrected chi connectivity index (χ2v) is 2.74. The van der Waals surface area contributed by atoms with E-state index >= 15 is 0 Å². The van der Waals surface area contributed by atoms with E-state index in [2.05, 4.69) is 25.5 Å². The van der Waals surface area contributed by atoms with E-state index < -0.39 is 0 Å². The van der Waals surface area contributed by atoms with Gasteiger partial charge in [0.2, 0.25) is 0 Å². The van der Waals surface area contributed by atoms with Crippen molar-refractivity contribution >= 4 is 0 Å². The first-order valence-corrected chi connectivity index (χ1v) is 5.30.